The van der Waals surface area contributed by atoms with Crippen molar-refractivity contribution in [2.24, 2.45) is 0 Å². The molecule has 0 fully saturated rings. The van der Waals surface area contributed by atoms with Crippen LogP contribution in [0.15, 0.2) is 78.9 Å². The minimum absolute atomic E-state index is 0.0486. The van der Waals surface area contributed by atoms with E-state index < -0.39 is 10.9 Å². The van der Waals surface area contributed by atoms with Crippen molar-refractivity contribution in [3.63, 3.8) is 0 Å². The molecule has 0 amide bonds. The molecule has 0 atom stereocenters. The average molecular weight is 335 g/mol. The lowest BCUT2D eigenvalue weighted by Crippen LogP contribution is -2.09. The van der Waals surface area contributed by atoms with E-state index in [1.807, 2.05) is 6.07 Å². The van der Waals surface area contributed by atoms with Gasteiger partial charge in [0.1, 0.15) is 11.5 Å². The summed E-state index contributed by atoms with van der Waals surface area (Å²) in [5, 5.41) is 11.3. The molecule has 0 radical (unpaired) electrons. The lowest BCUT2D eigenvalue weighted by molar-refractivity contribution is -0.385. The summed E-state index contributed by atoms with van der Waals surface area (Å²) in [7, 11) is 0. The maximum Gasteiger partial charge on any atom is 0.343 e. The molecule has 0 bridgehead atoms. The number of carbonyl (C=O) groups excluding carboxylic acids is 1. The Morgan fingerprint density at radius 2 is 1.44 bits per heavy atom. The van der Waals surface area contributed by atoms with Gasteiger partial charge in [-0.3, -0.25) is 10.1 Å². The molecule has 0 unspecified atom stereocenters. The van der Waals surface area contributed by atoms with Crippen LogP contribution in [0.3, 0.4) is 0 Å². The van der Waals surface area contributed by atoms with Gasteiger partial charge in [-0.2, -0.15) is 0 Å². The Kier molecular flexibility index (Phi) is 4.71. The minimum Gasteiger partial charge on any atom is -0.450 e. The van der Waals surface area contributed by atoms with Gasteiger partial charge in [0.25, 0.3) is 0 Å². The van der Waals surface area contributed by atoms with Crippen molar-refractivity contribution in [1.82, 2.24) is 0 Å². The molecule has 0 aliphatic heterocycles. The second-order valence-electron chi connectivity index (χ2n) is 5.06. The molecule has 3 aromatic rings. The van der Waals surface area contributed by atoms with Gasteiger partial charge in [0, 0.05) is 6.07 Å². The SMILES string of the molecule is O=C(Oc1ccccc1)c1ccc(Oc2ccccc2)c([N+](=O)[O-])c1. The third-order valence-corrected chi connectivity index (χ3v) is 3.32. The number of hydrogen-bond acceptors (Lipinski definition) is 5. The summed E-state index contributed by atoms with van der Waals surface area (Å²) < 4.78 is 10.7. The number of para-hydroxylation sites is 2. The average Bonchev–Trinajstić information content (AvgIpc) is 2.63. The minimum atomic E-state index is -0.680. The number of nitrogens with zero attached hydrogens (tertiary/aromatic N) is 1. The fourth-order valence-corrected chi connectivity index (χ4v) is 2.14. The Balaban J connectivity index is 1.86. The van der Waals surface area contributed by atoms with Crippen molar-refractivity contribution in [3.05, 3.63) is 94.5 Å². The Hall–Kier alpha value is -3.67. The molecule has 6 heteroatoms. The van der Waals surface area contributed by atoms with Crippen molar-refractivity contribution in [3.8, 4) is 17.2 Å². The highest BCUT2D eigenvalue weighted by Gasteiger charge is 2.20. The van der Waals surface area contributed by atoms with Crippen LogP contribution in [-0.2, 0) is 0 Å². The molecule has 0 saturated heterocycles. The van der Waals surface area contributed by atoms with Crippen LogP contribution < -0.4 is 9.47 Å². The monoisotopic (exact) mass is 335 g/mol. The lowest BCUT2D eigenvalue weighted by Gasteiger charge is -2.08. The predicted molar refractivity (Wildman–Crippen MR) is 91.0 cm³/mol. The third kappa shape index (κ3) is 4.00. The number of nitro groups is 1. The molecular weight excluding hydrogens is 322 g/mol. The molecule has 25 heavy (non-hydrogen) atoms. The predicted octanol–water partition coefficient (Wildman–Crippen LogP) is 4.61. The number of rotatable bonds is 5. The first-order valence-corrected chi connectivity index (χ1v) is 7.42. The largest absolute Gasteiger partial charge is 0.450 e. The topological polar surface area (TPSA) is 78.7 Å². The van der Waals surface area contributed by atoms with E-state index in [9.17, 15) is 14.9 Å². The van der Waals surface area contributed by atoms with Gasteiger partial charge in [0.15, 0.2) is 0 Å². The van der Waals surface area contributed by atoms with Crippen molar-refractivity contribution in [2.45, 2.75) is 0 Å². The van der Waals surface area contributed by atoms with E-state index in [4.69, 9.17) is 9.47 Å². The summed E-state index contributed by atoms with van der Waals surface area (Å²) in [4.78, 5) is 22.9. The maximum atomic E-state index is 12.2. The van der Waals surface area contributed by atoms with Crippen molar-refractivity contribution >= 4 is 11.7 Å². The van der Waals surface area contributed by atoms with Crippen LogP contribution in [0, 0.1) is 10.1 Å². The summed E-state index contributed by atoms with van der Waals surface area (Å²) in [5.74, 6) is 0.193. The van der Waals surface area contributed by atoms with Crippen molar-refractivity contribution < 1.29 is 19.2 Å². The third-order valence-electron chi connectivity index (χ3n) is 3.32. The van der Waals surface area contributed by atoms with Gasteiger partial charge in [-0.25, -0.2) is 4.79 Å². The highest BCUT2D eigenvalue weighted by Crippen LogP contribution is 2.32. The summed E-state index contributed by atoms with van der Waals surface area (Å²) in [6, 6.07) is 21.1. The molecule has 3 aromatic carbocycles. The van der Waals surface area contributed by atoms with Gasteiger partial charge >= 0.3 is 11.7 Å². The molecule has 124 valence electrons. The fourth-order valence-electron chi connectivity index (χ4n) is 2.14. The van der Waals surface area contributed by atoms with E-state index in [1.54, 1.807) is 54.6 Å². The van der Waals surface area contributed by atoms with E-state index in [-0.39, 0.29) is 17.0 Å². The van der Waals surface area contributed by atoms with Crippen LogP contribution in [-0.4, -0.2) is 10.9 Å². The first kappa shape index (κ1) is 16.2. The smallest absolute Gasteiger partial charge is 0.343 e. The second-order valence-corrected chi connectivity index (χ2v) is 5.06. The summed E-state index contributed by atoms with van der Waals surface area (Å²) in [6.45, 7) is 0. The molecule has 0 aliphatic rings. The van der Waals surface area contributed by atoms with Crippen LogP contribution in [0.1, 0.15) is 10.4 Å². The van der Waals surface area contributed by atoms with Gasteiger partial charge in [-0.05, 0) is 36.4 Å². The molecule has 0 heterocycles. The number of ether oxygens (including phenoxy) is 2. The summed E-state index contributed by atoms with van der Waals surface area (Å²) in [5.41, 5.74) is -0.248. The maximum absolute atomic E-state index is 12.2. The zero-order valence-corrected chi connectivity index (χ0v) is 13.0. The van der Waals surface area contributed by atoms with E-state index in [0.29, 0.717) is 11.5 Å². The number of esters is 1. The van der Waals surface area contributed by atoms with Crippen LogP contribution in [0.5, 0.6) is 17.2 Å². The summed E-state index contributed by atoms with van der Waals surface area (Å²) >= 11 is 0. The van der Waals surface area contributed by atoms with Gasteiger partial charge in [-0.1, -0.05) is 36.4 Å². The normalized spacial score (nSPS) is 10.1. The van der Waals surface area contributed by atoms with Crippen LogP contribution in [0.2, 0.25) is 0 Å². The van der Waals surface area contributed by atoms with Gasteiger partial charge in [0.2, 0.25) is 5.75 Å². The zero-order chi connectivity index (χ0) is 17.6. The van der Waals surface area contributed by atoms with Crippen molar-refractivity contribution in [1.29, 1.82) is 0 Å². The standard InChI is InChI=1S/C19H13NO5/c21-19(25-16-9-5-2-6-10-16)14-11-12-18(17(13-14)20(22)23)24-15-7-3-1-4-8-15/h1-13H. The lowest BCUT2D eigenvalue weighted by atomic mass is 10.2. The number of benzene rings is 3. The van der Waals surface area contributed by atoms with E-state index >= 15 is 0 Å². The molecule has 0 aromatic heterocycles. The number of nitro benzene ring substituents is 1. The van der Waals surface area contributed by atoms with E-state index in [1.165, 1.54) is 12.1 Å². The molecule has 0 aliphatic carbocycles. The first-order chi connectivity index (χ1) is 12.1. The summed E-state index contributed by atoms with van der Waals surface area (Å²) in [6.07, 6.45) is 0. The Labute approximate surface area is 143 Å². The van der Waals surface area contributed by atoms with Gasteiger partial charge in [-0.15, -0.1) is 0 Å². The highest BCUT2D eigenvalue weighted by atomic mass is 16.6. The molecule has 0 saturated carbocycles. The van der Waals surface area contributed by atoms with Crippen LogP contribution >= 0.6 is 0 Å². The Morgan fingerprint density at radius 3 is 2.04 bits per heavy atom. The molecule has 0 N–H and O–H groups in total. The highest BCUT2D eigenvalue weighted by molar-refractivity contribution is 5.92. The second kappa shape index (κ2) is 7.27. The Bertz CT molecular complexity index is 894. The van der Waals surface area contributed by atoms with Crippen LogP contribution in [0.25, 0.3) is 0 Å². The fraction of sp³-hybridized carbons (Fsp3) is 0. The van der Waals surface area contributed by atoms with E-state index in [2.05, 4.69) is 0 Å². The number of carbonyl (C=O) groups is 1. The quantitative estimate of drug-likeness (QED) is 0.294. The Morgan fingerprint density at radius 1 is 0.840 bits per heavy atom. The molecule has 6 nitrogen and oxygen atoms in total. The zero-order valence-electron chi connectivity index (χ0n) is 13.0. The first-order valence-electron chi connectivity index (χ1n) is 7.42. The van der Waals surface area contributed by atoms with Gasteiger partial charge < -0.3 is 9.47 Å². The molecule has 3 rings (SSSR count). The van der Waals surface area contributed by atoms with Gasteiger partial charge in [0.05, 0.1) is 10.5 Å². The van der Waals surface area contributed by atoms with Crippen LogP contribution in [0.4, 0.5) is 5.69 Å². The molecular formula is C19H13NO5. The molecule has 0 spiro atoms. The number of hydrogen-bond donors (Lipinski definition) is 0. The van der Waals surface area contributed by atoms with Crippen molar-refractivity contribution in [2.75, 3.05) is 0 Å². The van der Waals surface area contributed by atoms with E-state index in [0.717, 1.165) is 6.07 Å².